The molecule has 4 rings (SSSR count). The summed E-state index contributed by atoms with van der Waals surface area (Å²) in [5.74, 6) is 2.38. The molecule has 5 radical (unpaired) electrons. The Labute approximate surface area is 173 Å². The van der Waals surface area contributed by atoms with Gasteiger partial charge in [-0.2, -0.15) is 11.8 Å². The lowest BCUT2D eigenvalue weighted by atomic mass is 10.00. The molecule has 0 N–H and O–H groups in total. The van der Waals surface area contributed by atoms with Gasteiger partial charge in [-0.25, -0.2) is 4.68 Å². The summed E-state index contributed by atoms with van der Waals surface area (Å²) in [4.78, 5) is 0. The highest BCUT2D eigenvalue weighted by molar-refractivity contribution is 8.02. The van der Waals surface area contributed by atoms with Crippen molar-refractivity contribution in [1.29, 1.82) is 0 Å². The molecule has 1 aromatic heterocycles. The molecule has 3 nitrogen and oxygen atoms in total. The maximum absolute atomic E-state index is 4.52. The van der Waals surface area contributed by atoms with Gasteiger partial charge >= 0.3 is 0 Å². The predicted octanol–water partition coefficient (Wildman–Crippen LogP) is 4.08. The van der Waals surface area contributed by atoms with Crippen LogP contribution in [0.5, 0.6) is 0 Å². The molecular formula is C23H23N3PS. The summed E-state index contributed by atoms with van der Waals surface area (Å²) in [6.07, 6.45) is 8.49. The van der Waals surface area contributed by atoms with E-state index < -0.39 is 7.92 Å². The largest absolute Gasteiger partial charge is 0.241 e. The average molecular weight is 404 g/mol. The van der Waals surface area contributed by atoms with Crippen LogP contribution < -0.4 is 16.0 Å². The second-order valence-electron chi connectivity index (χ2n) is 6.50. The normalized spacial score (nSPS) is 16.7. The Bertz CT molecular complexity index is 828. The quantitative estimate of drug-likeness (QED) is 0.556. The van der Waals surface area contributed by atoms with Gasteiger partial charge in [0.25, 0.3) is 0 Å². The highest BCUT2D eigenvalue weighted by atomic mass is 32.2. The molecule has 1 fully saturated rings. The Morgan fingerprint density at radius 3 is 2.21 bits per heavy atom. The Morgan fingerprint density at radius 1 is 0.964 bits per heavy atom. The Morgan fingerprint density at radius 2 is 1.61 bits per heavy atom. The third-order valence-corrected chi connectivity index (χ3v) is 8.12. The van der Waals surface area contributed by atoms with Gasteiger partial charge in [0.2, 0.25) is 0 Å². The first-order valence-electron chi connectivity index (χ1n) is 9.48. The number of hydrogen-bond donors (Lipinski definition) is 0. The zero-order valence-corrected chi connectivity index (χ0v) is 17.8. The molecule has 0 aliphatic heterocycles. The molecule has 2 aromatic carbocycles. The first-order valence-corrected chi connectivity index (χ1v) is 11.8. The van der Waals surface area contributed by atoms with Crippen molar-refractivity contribution in [2.75, 3.05) is 5.75 Å². The second kappa shape index (κ2) is 9.24. The standard InChI is InChI=1S/C23H23N3PS/c1-3-28-22-16-10-15-21(22)18(2)26-23(17-24-25-26)27(19-11-6-4-7-12-19)20-13-8-5-9-14-20/h4-18H,3H2,1-2H3/t18-/m0/s1. The number of rotatable bonds is 7. The van der Waals surface area contributed by atoms with Gasteiger partial charge in [-0.3, -0.25) is 0 Å². The summed E-state index contributed by atoms with van der Waals surface area (Å²) in [5, 5.41) is 12.8. The fourth-order valence-corrected chi connectivity index (χ4v) is 6.67. The van der Waals surface area contributed by atoms with Crippen molar-refractivity contribution in [3.05, 3.63) is 97.3 Å². The molecule has 0 spiro atoms. The molecule has 141 valence electrons. The fourth-order valence-electron chi connectivity index (χ4n) is 3.42. The molecule has 0 amide bonds. The summed E-state index contributed by atoms with van der Waals surface area (Å²) in [6, 6.07) is 21.6. The smallest absolute Gasteiger partial charge is 0.0906 e. The number of thioether (sulfide) groups is 1. The Balaban J connectivity index is 1.73. The van der Waals surface area contributed by atoms with E-state index in [0.717, 1.165) is 5.75 Å². The van der Waals surface area contributed by atoms with Crippen LogP contribution in [-0.2, 0) is 0 Å². The number of aromatic nitrogens is 3. The summed E-state index contributed by atoms with van der Waals surface area (Å²) >= 11 is 1.88. The molecule has 0 saturated heterocycles. The van der Waals surface area contributed by atoms with Crippen molar-refractivity contribution >= 4 is 35.7 Å². The van der Waals surface area contributed by atoms with Crippen LogP contribution in [0.15, 0.2) is 66.9 Å². The van der Waals surface area contributed by atoms with Gasteiger partial charge in [0.1, 0.15) is 0 Å². The molecule has 3 aromatic rings. The molecule has 0 bridgehead atoms. The number of hydrogen-bond acceptors (Lipinski definition) is 3. The lowest BCUT2D eigenvalue weighted by Gasteiger charge is -2.27. The molecule has 28 heavy (non-hydrogen) atoms. The van der Waals surface area contributed by atoms with Crippen LogP contribution in [0.2, 0.25) is 0 Å². The van der Waals surface area contributed by atoms with Gasteiger partial charge in [-0.1, -0.05) is 72.8 Å². The van der Waals surface area contributed by atoms with Crippen molar-refractivity contribution in [2.45, 2.75) is 19.9 Å². The highest BCUT2D eigenvalue weighted by Crippen LogP contribution is 2.47. The molecular weight excluding hydrogens is 381 g/mol. The third-order valence-electron chi connectivity index (χ3n) is 4.74. The fraction of sp³-hybridized carbons (Fsp3) is 0.174. The topological polar surface area (TPSA) is 30.7 Å². The Hall–Kier alpha value is -1.64. The van der Waals surface area contributed by atoms with Gasteiger partial charge in [-0.15, -0.1) is 5.10 Å². The van der Waals surface area contributed by atoms with Crippen LogP contribution in [0.3, 0.4) is 0 Å². The van der Waals surface area contributed by atoms with Crippen LogP contribution >= 0.6 is 19.7 Å². The van der Waals surface area contributed by atoms with Crippen molar-refractivity contribution in [1.82, 2.24) is 15.0 Å². The van der Waals surface area contributed by atoms with E-state index in [4.69, 9.17) is 0 Å². The van der Waals surface area contributed by atoms with E-state index in [-0.39, 0.29) is 6.04 Å². The molecule has 1 atom stereocenters. The first kappa shape index (κ1) is 19.7. The maximum atomic E-state index is 4.52. The van der Waals surface area contributed by atoms with Crippen LogP contribution in [0.25, 0.3) is 0 Å². The lowest BCUT2D eigenvalue weighted by molar-refractivity contribution is 0.517. The monoisotopic (exact) mass is 404 g/mol. The summed E-state index contributed by atoms with van der Waals surface area (Å²) in [6.45, 7) is 4.41. The van der Waals surface area contributed by atoms with Gasteiger partial charge in [-0.05, 0) is 42.5 Å². The first-order chi connectivity index (χ1) is 13.8. The summed E-state index contributed by atoms with van der Waals surface area (Å²) < 4.78 is 2.11. The Kier molecular flexibility index (Phi) is 6.49. The van der Waals surface area contributed by atoms with Crippen LogP contribution in [0.4, 0.5) is 0 Å². The van der Waals surface area contributed by atoms with Gasteiger partial charge in [0.15, 0.2) is 0 Å². The van der Waals surface area contributed by atoms with Gasteiger partial charge in [0.05, 0.1) is 17.7 Å². The maximum Gasteiger partial charge on any atom is 0.0906 e. The molecule has 1 saturated carbocycles. The summed E-state index contributed by atoms with van der Waals surface area (Å²) in [5.41, 5.74) is 1.17. The summed E-state index contributed by atoms with van der Waals surface area (Å²) in [7, 11) is -0.724. The van der Waals surface area contributed by atoms with Crippen molar-refractivity contribution in [3.63, 3.8) is 0 Å². The van der Waals surface area contributed by atoms with E-state index >= 15 is 0 Å². The minimum Gasteiger partial charge on any atom is -0.241 e. The second-order valence-corrected chi connectivity index (χ2v) is 9.97. The van der Waals surface area contributed by atoms with E-state index in [1.807, 2.05) is 18.0 Å². The highest BCUT2D eigenvalue weighted by Gasteiger charge is 2.36. The van der Waals surface area contributed by atoms with Gasteiger partial charge < -0.3 is 0 Å². The molecule has 5 heteroatoms. The molecule has 1 aliphatic carbocycles. The van der Waals surface area contributed by atoms with Crippen LogP contribution in [0, 0.1) is 30.4 Å². The SMILES string of the molecule is CCS[C]1[CH][CH][CH][C]1[C@H](C)n1nncc1P(c1ccccc1)c1ccccc1. The van der Waals surface area contributed by atoms with Crippen molar-refractivity contribution < 1.29 is 0 Å². The van der Waals surface area contributed by atoms with Crippen molar-refractivity contribution in [2.24, 2.45) is 0 Å². The van der Waals surface area contributed by atoms with E-state index in [9.17, 15) is 0 Å². The number of benzene rings is 2. The number of nitrogens with zero attached hydrogens (tertiary/aromatic N) is 3. The van der Waals surface area contributed by atoms with E-state index in [0.29, 0.717) is 0 Å². The lowest BCUT2D eigenvalue weighted by Crippen LogP contribution is -2.31. The third kappa shape index (κ3) is 4.04. The van der Waals surface area contributed by atoms with E-state index in [2.05, 4.69) is 109 Å². The molecule has 0 unspecified atom stereocenters. The average Bonchev–Trinajstić information content (AvgIpc) is 3.40. The zero-order valence-electron chi connectivity index (χ0n) is 16.1. The minimum atomic E-state index is -0.724. The van der Waals surface area contributed by atoms with Gasteiger partial charge in [0, 0.05) is 19.1 Å². The van der Waals surface area contributed by atoms with Crippen LogP contribution in [-0.4, -0.2) is 20.7 Å². The minimum absolute atomic E-state index is 0.138. The van der Waals surface area contributed by atoms with E-state index in [1.54, 1.807) is 0 Å². The van der Waals surface area contributed by atoms with Crippen molar-refractivity contribution in [3.8, 4) is 0 Å². The van der Waals surface area contributed by atoms with Crippen LogP contribution in [0.1, 0.15) is 19.9 Å². The molecule has 1 heterocycles. The van der Waals surface area contributed by atoms with E-state index in [1.165, 1.54) is 27.2 Å². The molecule has 1 aliphatic rings. The zero-order chi connectivity index (χ0) is 19.3. The predicted molar refractivity (Wildman–Crippen MR) is 121 cm³/mol.